The Morgan fingerprint density at radius 3 is 2.35 bits per heavy atom. The number of aliphatic hydroxyl groups is 3. The molecule has 2 aromatic rings. The molecule has 0 amide bonds. The first-order chi connectivity index (χ1) is 14.7. The maximum Gasteiger partial charge on any atom is 0.229 e. The highest BCUT2D eigenvalue weighted by Gasteiger charge is 2.46. The molecule has 5 unspecified atom stereocenters. The molecular formula is C21H23FO9. The number of hydrogen-bond donors (Lipinski definition) is 6. The smallest absolute Gasteiger partial charge is 0.229 e. The summed E-state index contributed by atoms with van der Waals surface area (Å²) in [5, 5.41) is 58.5. The highest BCUT2D eigenvalue weighted by atomic mass is 19.1. The van der Waals surface area contributed by atoms with Gasteiger partial charge in [0.15, 0.2) is 12.0 Å². The molecule has 10 heteroatoms. The van der Waals surface area contributed by atoms with Crippen LogP contribution >= 0.6 is 0 Å². The molecule has 0 aromatic heterocycles. The van der Waals surface area contributed by atoms with Gasteiger partial charge in [0.1, 0.15) is 46.9 Å². The molecule has 9 nitrogen and oxygen atoms in total. The van der Waals surface area contributed by atoms with E-state index in [-0.39, 0.29) is 29.9 Å². The Hall–Kier alpha value is -2.92. The zero-order valence-corrected chi connectivity index (χ0v) is 16.3. The predicted molar refractivity (Wildman–Crippen MR) is 104 cm³/mol. The van der Waals surface area contributed by atoms with Crippen LogP contribution in [0, 0.1) is 0 Å². The zero-order chi connectivity index (χ0) is 22.7. The van der Waals surface area contributed by atoms with Crippen LogP contribution in [0.2, 0.25) is 0 Å². The van der Waals surface area contributed by atoms with Gasteiger partial charge in [-0.15, -0.1) is 0 Å². The van der Waals surface area contributed by atoms with Gasteiger partial charge in [-0.25, -0.2) is 4.39 Å². The first-order valence-electron chi connectivity index (χ1n) is 9.51. The quantitative estimate of drug-likeness (QED) is 0.344. The van der Waals surface area contributed by atoms with Crippen molar-refractivity contribution in [2.24, 2.45) is 0 Å². The van der Waals surface area contributed by atoms with E-state index in [0.29, 0.717) is 0 Å². The van der Waals surface area contributed by atoms with Crippen molar-refractivity contribution in [2.45, 2.75) is 43.6 Å². The number of carbonyl (C=O) groups excluding carboxylic acids is 1. The first-order valence-corrected chi connectivity index (χ1v) is 9.51. The number of aryl methyl sites for hydroxylation is 1. The van der Waals surface area contributed by atoms with Crippen LogP contribution in [0.5, 0.6) is 23.0 Å². The van der Waals surface area contributed by atoms with Crippen molar-refractivity contribution >= 4 is 5.78 Å². The van der Waals surface area contributed by atoms with Gasteiger partial charge in [-0.3, -0.25) is 4.79 Å². The van der Waals surface area contributed by atoms with Crippen LogP contribution in [0.1, 0.15) is 22.3 Å². The molecule has 3 rings (SSSR count). The number of ketones is 1. The Labute approximate surface area is 176 Å². The van der Waals surface area contributed by atoms with Gasteiger partial charge >= 0.3 is 0 Å². The Morgan fingerprint density at radius 1 is 1.03 bits per heavy atom. The van der Waals surface area contributed by atoms with Gasteiger partial charge in [0, 0.05) is 18.6 Å². The van der Waals surface area contributed by atoms with E-state index in [0.717, 1.165) is 17.7 Å². The Balaban J connectivity index is 1.82. The SMILES string of the molecule is O=C(CCc1ccc(O)cc1)c1c(O)cc(O)cc1OC1OC(CO)C(F)C(O)C1O. The van der Waals surface area contributed by atoms with E-state index in [1.165, 1.54) is 12.1 Å². The third-order valence-corrected chi connectivity index (χ3v) is 4.96. The minimum atomic E-state index is -2.07. The van der Waals surface area contributed by atoms with Crippen molar-refractivity contribution in [3.05, 3.63) is 47.5 Å². The summed E-state index contributed by atoms with van der Waals surface area (Å²) in [5.41, 5.74) is 0.450. The molecule has 1 fully saturated rings. The lowest BCUT2D eigenvalue weighted by Crippen LogP contribution is -2.58. The normalized spacial score (nSPS) is 25.9. The standard InChI is InChI=1S/C21H23FO9/c22-18-16(9-23)31-21(20(29)19(18)28)30-15-8-12(25)7-14(27)17(15)13(26)6-3-10-1-4-11(24)5-2-10/h1-2,4-5,7-8,16,18-21,23-25,27-29H,3,6,9H2. The summed E-state index contributed by atoms with van der Waals surface area (Å²) in [4.78, 5) is 12.8. The predicted octanol–water partition coefficient (Wildman–Crippen LogP) is 0.775. The molecule has 0 spiro atoms. The third kappa shape index (κ3) is 5.05. The lowest BCUT2D eigenvalue weighted by Gasteiger charge is -2.38. The van der Waals surface area contributed by atoms with E-state index in [9.17, 15) is 39.8 Å². The molecule has 168 valence electrons. The number of benzene rings is 2. The molecule has 31 heavy (non-hydrogen) atoms. The number of hydrogen-bond acceptors (Lipinski definition) is 9. The fourth-order valence-corrected chi connectivity index (χ4v) is 3.27. The van der Waals surface area contributed by atoms with Crippen LogP contribution in [-0.2, 0) is 11.2 Å². The molecular weight excluding hydrogens is 415 g/mol. The molecule has 0 aliphatic carbocycles. The van der Waals surface area contributed by atoms with Crippen LogP contribution in [0.4, 0.5) is 4.39 Å². The van der Waals surface area contributed by atoms with Gasteiger partial charge < -0.3 is 40.1 Å². The number of aliphatic hydroxyl groups excluding tert-OH is 3. The summed E-state index contributed by atoms with van der Waals surface area (Å²) < 4.78 is 24.5. The van der Waals surface area contributed by atoms with Crippen molar-refractivity contribution in [1.29, 1.82) is 0 Å². The van der Waals surface area contributed by atoms with E-state index in [4.69, 9.17) is 9.47 Å². The minimum absolute atomic E-state index is 0.0675. The topological polar surface area (TPSA) is 157 Å². The largest absolute Gasteiger partial charge is 0.508 e. The van der Waals surface area contributed by atoms with Gasteiger partial charge in [-0.2, -0.15) is 0 Å². The van der Waals surface area contributed by atoms with Gasteiger partial charge in [0.25, 0.3) is 0 Å². The third-order valence-electron chi connectivity index (χ3n) is 4.96. The highest BCUT2D eigenvalue weighted by Crippen LogP contribution is 2.36. The minimum Gasteiger partial charge on any atom is -0.508 e. The van der Waals surface area contributed by atoms with Crippen molar-refractivity contribution in [1.82, 2.24) is 0 Å². The van der Waals surface area contributed by atoms with E-state index in [1.54, 1.807) is 12.1 Å². The number of ether oxygens (including phenoxy) is 2. The molecule has 1 saturated heterocycles. The van der Waals surface area contributed by atoms with E-state index in [1.807, 2.05) is 0 Å². The molecule has 0 bridgehead atoms. The van der Waals surface area contributed by atoms with E-state index in [2.05, 4.69) is 0 Å². The number of halogens is 1. The van der Waals surface area contributed by atoms with Gasteiger partial charge in [0.2, 0.25) is 6.29 Å². The molecule has 6 N–H and O–H groups in total. The summed E-state index contributed by atoms with van der Waals surface area (Å²) in [6, 6.07) is 8.14. The summed E-state index contributed by atoms with van der Waals surface area (Å²) in [7, 11) is 0. The number of Topliss-reactive ketones (excluding diaryl/α,β-unsaturated/α-hetero) is 1. The summed E-state index contributed by atoms with van der Waals surface area (Å²) in [6.45, 7) is -0.797. The van der Waals surface area contributed by atoms with Crippen molar-refractivity contribution in [2.75, 3.05) is 6.61 Å². The Morgan fingerprint density at radius 2 is 1.71 bits per heavy atom. The second-order valence-electron chi connectivity index (χ2n) is 7.20. The van der Waals surface area contributed by atoms with Crippen molar-refractivity contribution in [3.63, 3.8) is 0 Å². The van der Waals surface area contributed by atoms with Crippen LogP contribution in [-0.4, -0.2) is 73.8 Å². The average molecular weight is 438 g/mol. The van der Waals surface area contributed by atoms with Crippen LogP contribution in [0.15, 0.2) is 36.4 Å². The second kappa shape index (κ2) is 9.48. The lowest BCUT2D eigenvalue weighted by atomic mass is 9.99. The zero-order valence-electron chi connectivity index (χ0n) is 16.3. The number of carbonyl (C=O) groups is 1. The monoisotopic (exact) mass is 438 g/mol. The van der Waals surface area contributed by atoms with Gasteiger partial charge in [-0.1, -0.05) is 12.1 Å². The summed E-state index contributed by atoms with van der Waals surface area (Å²) in [6.07, 6.45) is -8.80. The molecule has 5 atom stereocenters. The number of aromatic hydroxyl groups is 3. The fraction of sp³-hybridized carbons (Fsp3) is 0.381. The highest BCUT2D eigenvalue weighted by molar-refractivity contribution is 6.01. The molecule has 1 heterocycles. The number of phenols is 3. The Kier molecular flexibility index (Phi) is 6.96. The summed E-state index contributed by atoms with van der Waals surface area (Å²) in [5.74, 6) is -1.87. The first kappa shape index (κ1) is 22.8. The van der Waals surface area contributed by atoms with Crippen LogP contribution < -0.4 is 4.74 Å². The summed E-state index contributed by atoms with van der Waals surface area (Å²) >= 11 is 0. The van der Waals surface area contributed by atoms with Gasteiger partial charge in [0.05, 0.1) is 6.61 Å². The molecule has 0 radical (unpaired) electrons. The molecule has 2 aromatic carbocycles. The number of phenolic OH excluding ortho intramolecular Hbond substituents is 3. The van der Waals surface area contributed by atoms with Crippen molar-refractivity contribution in [3.8, 4) is 23.0 Å². The van der Waals surface area contributed by atoms with Crippen LogP contribution in [0.25, 0.3) is 0 Å². The van der Waals surface area contributed by atoms with Crippen LogP contribution in [0.3, 0.4) is 0 Å². The maximum atomic E-state index is 13.9. The van der Waals surface area contributed by atoms with E-state index >= 15 is 0 Å². The average Bonchev–Trinajstić information content (AvgIpc) is 2.73. The fourth-order valence-electron chi connectivity index (χ4n) is 3.27. The molecule has 0 saturated carbocycles. The van der Waals surface area contributed by atoms with E-state index < -0.39 is 54.7 Å². The van der Waals surface area contributed by atoms with Gasteiger partial charge in [-0.05, 0) is 24.1 Å². The Bertz CT molecular complexity index is 916. The number of rotatable bonds is 7. The maximum absolute atomic E-state index is 13.9. The second-order valence-corrected chi connectivity index (χ2v) is 7.20. The number of alkyl halides is 1. The molecule has 1 aliphatic heterocycles. The lowest BCUT2D eigenvalue weighted by molar-refractivity contribution is -0.265. The van der Waals surface area contributed by atoms with Crippen molar-refractivity contribution < 1.29 is 49.3 Å². The molecule has 1 aliphatic rings.